The van der Waals surface area contributed by atoms with Crippen LogP contribution in [-0.2, 0) is 0 Å². The van der Waals surface area contributed by atoms with E-state index in [4.69, 9.17) is 10.2 Å². The first-order valence-electron chi connectivity index (χ1n) is 6.29. The number of aryl methyl sites for hydroxylation is 1. The molecule has 1 heterocycles. The van der Waals surface area contributed by atoms with Gasteiger partial charge in [0.15, 0.2) is 0 Å². The van der Waals surface area contributed by atoms with Crippen molar-refractivity contribution in [3.8, 4) is 0 Å². The topological polar surface area (TPSA) is 59.5 Å². The van der Waals surface area contributed by atoms with Gasteiger partial charge in [-0.1, -0.05) is 0 Å². The minimum absolute atomic E-state index is 0.0920. The van der Waals surface area contributed by atoms with Gasteiger partial charge in [0.2, 0.25) is 0 Å². The van der Waals surface area contributed by atoms with Crippen LogP contribution < -0.4 is 5.73 Å². The average molecular weight is 236 g/mol. The number of carbonyl (C=O) groups is 1. The van der Waals surface area contributed by atoms with Gasteiger partial charge in [0.05, 0.1) is 11.8 Å². The second kappa shape index (κ2) is 5.36. The van der Waals surface area contributed by atoms with Gasteiger partial charge in [-0.15, -0.1) is 0 Å². The molecule has 0 aromatic carbocycles. The highest BCUT2D eigenvalue weighted by Crippen LogP contribution is 2.27. The molecule has 4 nitrogen and oxygen atoms in total. The fourth-order valence-corrected chi connectivity index (χ4v) is 2.17. The van der Waals surface area contributed by atoms with Crippen LogP contribution in [0, 0.1) is 6.92 Å². The highest BCUT2D eigenvalue weighted by molar-refractivity contribution is 5.95. The Balaban J connectivity index is 2.09. The molecule has 0 unspecified atom stereocenters. The maximum atomic E-state index is 12.4. The number of rotatable bonds is 5. The summed E-state index contributed by atoms with van der Waals surface area (Å²) >= 11 is 0. The van der Waals surface area contributed by atoms with Crippen molar-refractivity contribution >= 4 is 5.91 Å². The van der Waals surface area contributed by atoms with Gasteiger partial charge < -0.3 is 15.1 Å². The zero-order valence-electron chi connectivity index (χ0n) is 10.3. The van der Waals surface area contributed by atoms with Gasteiger partial charge in [-0.2, -0.15) is 0 Å². The third kappa shape index (κ3) is 2.52. The van der Waals surface area contributed by atoms with Crippen molar-refractivity contribution in [1.82, 2.24) is 4.90 Å². The summed E-state index contributed by atoms with van der Waals surface area (Å²) < 4.78 is 5.20. The minimum Gasteiger partial charge on any atom is -0.469 e. The molecule has 0 aliphatic heterocycles. The van der Waals surface area contributed by atoms with Crippen molar-refractivity contribution in [2.75, 3.05) is 13.1 Å². The van der Waals surface area contributed by atoms with Crippen molar-refractivity contribution in [1.29, 1.82) is 0 Å². The van der Waals surface area contributed by atoms with E-state index in [0.29, 0.717) is 23.9 Å². The summed E-state index contributed by atoms with van der Waals surface area (Å²) in [5, 5.41) is 0. The zero-order chi connectivity index (χ0) is 12.3. The highest BCUT2D eigenvalue weighted by Gasteiger charge is 2.30. The number of furan rings is 1. The molecule has 0 bridgehead atoms. The van der Waals surface area contributed by atoms with Crippen LogP contribution in [0.25, 0.3) is 0 Å². The molecule has 1 fully saturated rings. The summed E-state index contributed by atoms with van der Waals surface area (Å²) in [6, 6.07) is 2.16. The first-order valence-corrected chi connectivity index (χ1v) is 6.29. The molecule has 1 aliphatic carbocycles. The van der Waals surface area contributed by atoms with Crippen molar-refractivity contribution in [3.63, 3.8) is 0 Å². The predicted octanol–water partition coefficient (Wildman–Crippen LogP) is 1.93. The van der Waals surface area contributed by atoms with Gasteiger partial charge in [-0.3, -0.25) is 4.79 Å². The maximum Gasteiger partial charge on any atom is 0.257 e. The van der Waals surface area contributed by atoms with Gasteiger partial charge in [0.1, 0.15) is 5.76 Å². The van der Waals surface area contributed by atoms with Crippen molar-refractivity contribution in [2.24, 2.45) is 5.73 Å². The lowest BCUT2D eigenvalue weighted by atomic mass is 9.91. The number of carbonyl (C=O) groups excluding carboxylic acids is 1. The summed E-state index contributed by atoms with van der Waals surface area (Å²) in [5.74, 6) is 0.793. The minimum atomic E-state index is 0.0920. The highest BCUT2D eigenvalue weighted by atomic mass is 16.3. The second-order valence-electron chi connectivity index (χ2n) is 4.62. The van der Waals surface area contributed by atoms with Crippen molar-refractivity contribution in [3.05, 3.63) is 23.7 Å². The Hall–Kier alpha value is -1.29. The van der Waals surface area contributed by atoms with Gasteiger partial charge in [-0.25, -0.2) is 0 Å². The fourth-order valence-electron chi connectivity index (χ4n) is 2.17. The third-order valence-corrected chi connectivity index (χ3v) is 3.47. The number of hydrogen-bond donors (Lipinski definition) is 1. The van der Waals surface area contributed by atoms with Crippen LogP contribution in [0.4, 0.5) is 0 Å². The summed E-state index contributed by atoms with van der Waals surface area (Å²) in [6.45, 7) is 3.21. The SMILES string of the molecule is Cc1occc1C(=O)N(CCCN)C1CCC1. The Morgan fingerprint density at radius 2 is 2.35 bits per heavy atom. The largest absolute Gasteiger partial charge is 0.469 e. The molecule has 94 valence electrons. The van der Waals surface area contributed by atoms with E-state index >= 15 is 0 Å². The van der Waals surface area contributed by atoms with Crippen LogP contribution >= 0.6 is 0 Å². The lowest BCUT2D eigenvalue weighted by Gasteiger charge is -2.37. The Labute approximate surface area is 102 Å². The summed E-state index contributed by atoms with van der Waals surface area (Å²) in [5.41, 5.74) is 6.22. The standard InChI is InChI=1S/C13H20N2O2/c1-10-12(6-9-17-10)13(16)15(8-3-7-14)11-4-2-5-11/h6,9,11H,2-5,7-8,14H2,1H3. The first-order chi connectivity index (χ1) is 8.24. The van der Waals surface area contributed by atoms with Gasteiger partial charge >= 0.3 is 0 Å². The molecule has 1 amide bonds. The summed E-state index contributed by atoms with van der Waals surface area (Å²) in [7, 11) is 0. The van der Waals surface area contributed by atoms with Gasteiger partial charge in [-0.05, 0) is 45.2 Å². The van der Waals surface area contributed by atoms with E-state index in [1.54, 1.807) is 12.3 Å². The van der Waals surface area contributed by atoms with E-state index in [2.05, 4.69) is 0 Å². The van der Waals surface area contributed by atoms with Crippen LogP contribution in [-0.4, -0.2) is 29.9 Å². The molecule has 1 aliphatic rings. The molecule has 1 aromatic heterocycles. The van der Waals surface area contributed by atoms with Crippen molar-refractivity contribution < 1.29 is 9.21 Å². The van der Waals surface area contributed by atoms with Crippen molar-refractivity contribution in [2.45, 2.75) is 38.6 Å². The van der Waals surface area contributed by atoms with Crippen LogP contribution in [0.5, 0.6) is 0 Å². The van der Waals surface area contributed by atoms with Crippen LogP contribution in [0.2, 0.25) is 0 Å². The number of nitrogens with zero attached hydrogens (tertiary/aromatic N) is 1. The molecule has 0 spiro atoms. The predicted molar refractivity (Wildman–Crippen MR) is 65.8 cm³/mol. The van der Waals surface area contributed by atoms with E-state index in [-0.39, 0.29) is 5.91 Å². The molecule has 2 rings (SSSR count). The monoisotopic (exact) mass is 236 g/mol. The lowest BCUT2D eigenvalue weighted by Crippen LogP contribution is -2.45. The summed E-state index contributed by atoms with van der Waals surface area (Å²) in [6.07, 6.45) is 5.89. The molecule has 1 aromatic rings. The zero-order valence-corrected chi connectivity index (χ0v) is 10.3. The quantitative estimate of drug-likeness (QED) is 0.849. The van der Waals surface area contributed by atoms with E-state index in [1.807, 2.05) is 11.8 Å². The molecule has 0 radical (unpaired) electrons. The van der Waals surface area contributed by atoms with E-state index in [9.17, 15) is 4.79 Å². The molecule has 0 atom stereocenters. The average Bonchev–Trinajstić information content (AvgIpc) is 2.67. The molecular weight excluding hydrogens is 216 g/mol. The second-order valence-corrected chi connectivity index (χ2v) is 4.62. The van der Waals surface area contributed by atoms with E-state index < -0.39 is 0 Å². The Bertz CT molecular complexity index is 383. The molecule has 1 saturated carbocycles. The number of amides is 1. The van der Waals surface area contributed by atoms with E-state index in [1.165, 1.54) is 6.42 Å². The molecular formula is C13H20N2O2. The fraction of sp³-hybridized carbons (Fsp3) is 0.615. The maximum absolute atomic E-state index is 12.4. The first kappa shape index (κ1) is 12.2. The van der Waals surface area contributed by atoms with E-state index in [0.717, 1.165) is 25.8 Å². The van der Waals surface area contributed by atoms with Crippen LogP contribution in [0.15, 0.2) is 16.7 Å². The lowest BCUT2D eigenvalue weighted by molar-refractivity contribution is 0.0576. The number of nitrogens with two attached hydrogens (primary N) is 1. The Morgan fingerprint density at radius 3 is 2.82 bits per heavy atom. The smallest absolute Gasteiger partial charge is 0.257 e. The Kier molecular flexibility index (Phi) is 3.84. The van der Waals surface area contributed by atoms with Crippen LogP contribution in [0.3, 0.4) is 0 Å². The molecule has 0 saturated heterocycles. The Morgan fingerprint density at radius 1 is 1.59 bits per heavy atom. The molecule has 4 heteroatoms. The molecule has 17 heavy (non-hydrogen) atoms. The van der Waals surface area contributed by atoms with Crippen LogP contribution in [0.1, 0.15) is 41.8 Å². The van der Waals surface area contributed by atoms with Gasteiger partial charge in [0, 0.05) is 12.6 Å². The normalized spacial score (nSPS) is 15.6. The number of hydrogen-bond acceptors (Lipinski definition) is 3. The third-order valence-electron chi connectivity index (χ3n) is 3.47. The van der Waals surface area contributed by atoms with Gasteiger partial charge in [0.25, 0.3) is 5.91 Å². The summed E-state index contributed by atoms with van der Waals surface area (Å²) in [4.78, 5) is 14.4. The molecule has 2 N–H and O–H groups in total.